The second kappa shape index (κ2) is 9.36. The zero-order chi connectivity index (χ0) is 19.2. The minimum Gasteiger partial charge on any atom is -0.392 e. The summed E-state index contributed by atoms with van der Waals surface area (Å²) in [6.45, 7) is 2.13. The standard InChI is InChI=1S/C24H33NO2/c1-17-7-6-10-18(13-17)8-2-4-11-21-22-15-19(9-3-5-12-24(25)27)14-20(22)16-23(21)26/h4,6-7,10-11,13-14,20-23,26H,2-3,5,8-9,12,15-16H2,1H3,(H2,25,27)/b11-4+/t20-,21+,22-,23+/m0/s1. The molecule has 0 bridgehead atoms. The Morgan fingerprint density at radius 1 is 1.30 bits per heavy atom. The van der Waals surface area contributed by atoms with E-state index < -0.39 is 0 Å². The lowest BCUT2D eigenvalue weighted by Gasteiger charge is -2.18. The van der Waals surface area contributed by atoms with Crippen molar-refractivity contribution in [1.82, 2.24) is 0 Å². The van der Waals surface area contributed by atoms with Gasteiger partial charge in [-0.1, -0.05) is 53.6 Å². The van der Waals surface area contributed by atoms with Crippen molar-refractivity contribution in [2.45, 2.75) is 64.4 Å². The van der Waals surface area contributed by atoms with Crippen LogP contribution < -0.4 is 5.73 Å². The van der Waals surface area contributed by atoms with E-state index in [2.05, 4.69) is 49.4 Å². The number of aliphatic hydroxyl groups excluding tert-OH is 1. The van der Waals surface area contributed by atoms with Crippen LogP contribution in [0.15, 0.2) is 48.1 Å². The van der Waals surface area contributed by atoms with Crippen LogP contribution in [-0.4, -0.2) is 17.1 Å². The number of rotatable bonds is 9. The summed E-state index contributed by atoms with van der Waals surface area (Å²) in [4.78, 5) is 10.8. The molecule has 4 atom stereocenters. The number of hydrogen-bond donors (Lipinski definition) is 2. The molecule has 0 spiro atoms. The predicted molar refractivity (Wildman–Crippen MR) is 110 cm³/mol. The topological polar surface area (TPSA) is 63.3 Å². The van der Waals surface area contributed by atoms with Gasteiger partial charge in [-0.2, -0.15) is 0 Å². The van der Waals surface area contributed by atoms with E-state index in [1.165, 1.54) is 16.7 Å². The van der Waals surface area contributed by atoms with Gasteiger partial charge < -0.3 is 10.8 Å². The van der Waals surface area contributed by atoms with Crippen LogP contribution in [0.25, 0.3) is 0 Å². The molecule has 0 radical (unpaired) electrons. The molecular weight excluding hydrogens is 334 g/mol. The van der Waals surface area contributed by atoms with Crippen LogP contribution in [0.4, 0.5) is 0 Å². The average Bonchev–Trinajstić information content (AvgIpc) is 3.13. The van der Waals surface area contributed by atoms with Gasteiger partial charge in [0.2, 0.25) is 5.91 Å². The summed E-state index contributed by atoms with van der Waals surface area (Å²) in [6, 6.07) is 8.69. The number of unbranched alkanes of at least 4 members (excludes halogenated alkanes) is 1. The number of fused-ring (bicyclic) bond motifs is 1. The van der Waals surface area contributed by atoms with Gasteiger partial charge in [0, 0.05) is 12.3 Å². The normalized spacial score (nSPS) is 27.1. The van der Waals surface area contributed by atoms with Crippen LogP contribution in [0, 0.1) is 24.7 Å². The monoisotopic (exact) mass is 367 g/mol. The third kappa shape index (κ3) is 5.55. The summed E-state index contributed by atoms with van der Waals surface area (Å²) in [5.74, 6) is 1.16. The van der Waals surface area contributed by atoms with Crippen molar-refractivity contribution in [2.75, 3.05) is 0 Å². The summed E-state index contributed by atoms with van der Waals surface area (Å²) in [5, 5.41) is 10.5. The molecule has 2 aliphatic rings. The van der Waals surface area contributed by atoms with Crippen LogP contribution in [0.1, 0.15) is 56.1 Å². The van der Waals surface area contributed by atoms with Crippen molar-refractivity contribution >= 4 is 5.91 Å². The zero-order valence-corrected chi connectivity index (χ0v) is 16.4. The van der Waals surface area contributed by atoms with Crippen LogP contribution >= 0.6 is 0 Å². The third-order valence-corrected chi connectivity index (χ3v) is 6.16. The summed E-state index contributed by atoms with van der Waals surface area (Å²) in [5.41, 5.74) is 9.41. The molecule has 0 aliphatic heterocycles. The number of aliphatic hydroxyl groups is 1. The zero-order valence-electron chi connectivity index (χ0n) is 16.4. The van der Waals surface area contributed by atoms with E-state index in [-0.39, 0.29) is 17.9 Å². The Hall–Kier alpha value is -1.87. The minimum atomic E-state index is -0.206. The first-order chi connectivity index (χ1) is 13.0. The second-order valence-electron chi connectivity index (χ2n) is 8.37. The summed E-state index contributed by atoms with van der Waals surface area (Å²) < 4.78 is 0. The van der Waals surface area contributed by atoms with Crippen molar-refractivity contribution in [3.63, 3.8) is 0 Å². The molecule has 2 aliphatic carbocycles. The molecule has 1 fully saturated rings. The van der Waals surface area contributed by atoms with Crippen LogP contribution in [-0.2, 0) is 11.2 Å². The summed E-state index contributed by atoms with van der Waals surface area (Å²) in [7, 11) is 0. The van der Waals surface area contributed by atoms with Gasteiger partial charge in [0.05, 0.1) is 6.10 Å². The number of carbonyl (C=O) groups excluding carboxylic acids is 1. The van der Waals surface area contributed by atoms with E-state index in [4.69, 9.17) is 5.73 Å². The first-order valence-electron chi connectivity index (χ1n) is 10.4. The van der Waals surface area contributed by atoms with Gasteiger partial charge in [0.15, 0.2) is 0 Å². The highest BCUT2D eigenvalue weighted by atomic mass is 16.3. The molecule has 146 valence electrons. The Bertz CT molecular complexity index is 706. The third-order valence-electron chi connectivity index (χ3n) is 6.16. The molecule has 0 heterocycles. The Kier molecular flexibility index (Phi) is 6.89. The van der Waals surface area contributed by atoms with Crippen LogP contribution in [0.2, 0.25) is 0 Å². The molecule has 0 unspecified atom stereocenters. The molecule has 1 saturated carbocycles. The van der Waals surface area contributed by atoms with Gasteiger partial charge in [-0.15, -0.1) is 0 Å². The Morgan fingerprint density at radius 3 is 2.93 bits per heavy atom. The highest BCUT2D eigenvalue weighted by molar-refractivity contribution is 5.73. The smallest absolute Gasteiger partial charge is 0.217 e. The summed E-state index contributed by atoms with van der Waals surface area (Å²) >= 11 is 0. The molecule has 3 heteroatoms. The van der Waals surface area contributed by atoms with E-state index in [0.717, 1.165) is 44.9 Å². The number of hydrogen-bond acceptors (Lipinski definition) is 2. The Labute approximate surface area is 163 Å². The number of amides is 1. The van der Waals surface area contributed by atoms with E-state index >= 15 is 0 Å². The van der Waals surface area contributed by atoms with Crippen molar-refractivity contribution in [2.24, 2.45) is 23.5 Å². The fourth-order valence-corrected chi connectivity index (χ4v) is 4.81. The van der Waals surface area contributed by atoms with Crippen molar-refractivity contribution < 1.29 is 9.90 Å². The Balaban J connectivity index is 1.46. The number of allylic oxidation sites excluding steroid dienone is 3. The first-order valence-corrected chi connectivity index (χ1v) is 10.4. The van der Waals surface area contributed by atoms with Crippen molar-refractivity contribution in [3.05, 3.63) is 59.2 Å². The molecule has 3 rings (SSSR count). The Morgan fingerprint density at radius 2 is 2.15 bits per heavy atom. The number of nitrogens with two attached hydrogens (primary N) is 1. The van der Waals surface area contributed by atoms with Crippen molar-refractivity contribution in [3.8, 4) is 0 Å². The largest absolute Gasteiger partial charge is 0.392 e. The molecule has 1 amide bonds. The molecule has 3 N–H and O–H groups in total. The number of aryl methyl sites for hydroxylation is 2. The maximum Gasteiger partial charge on any atom is 0.217 e. The molecular formula is C24H33NO2. The van der Waals surface area contributed by atoms with Gasteiger partial charge in [-0.25, -0.2) is 0 Å². The van der Waals surface area contributed by atoms with E-state index in [1.807, 2.05) is 0 Å². The fraction of sp³-hybridized carbons (Fsp3) is 0.542. The van der Waals surface area contributed by atoms with Gasteiger partial charge in [-0.05, 0) is 69.3 Å². The van der Waals surface area contributed by atoms with Gasteiger partial charge >= 0.3 is 0 Å². The highest BCUT2D eigenvalue weighted by Crippen LogP contribution is 2.48. The van der Waals surface area contributed by atoms with Gasteiger partial charge in [0.25, 0.3) is 0 Å². The highest BCUT2D eigenvalue weighted by Gasteiger charge is 2.42. The number of carbonyl (C=O) groups is 1. The lowest BCUT2D eigenvalue weighted by atomic mass is 9.88. The molecule has 1 aromatic rings. The number of benzene rings is 1. The van der Waals surface area contributed by atoms with Crippen LogP contribution in [0.3, 0.4) is 0 Å². The quantitative estimate of drug-likeness (QED) is 0.499. The molecule has 3 nitrogen and oxygen atoms in total. The van der Waals surface area contributed by atoms with Gasteiger partial charge in [-0.3, -0.25) is 4.79 Å². The molecule has 0 aromatic heterocycles. The molecule has 1 aromatic carbocycles. The molecule has 27 heavy (non-hydrogen) atoms. The average molecular weight is 368 g/mol. The van der Waals surface area contributed by atoms with E-state index in [9.17, 15) is 9.90 Å². The van der Waals surface area contributed by atoms with E-state index in [1.54, 1.807) is 0 Å². The fourth-order valence-electron chi connectivity index (χ4n) is 4.81. The van der Waals surface area contributed by atoms with Gasteiger partial charge in [0.1, 0.15) is 0 Å². The van der Waals surface area contributed by atoms with Crippen molar-refractivity contribution in [1.29, 1.82) is 0 Å². The first kappa shape index (κ1) is 19.9. The van der Waals surface area contributed by atoms with Crippen LogP contribution in [0.5, 0.6) is 0 Å². The van der Waals surface area contributed by atoms with E-state index in [0.29, 0.717) is 18.3 Å². The molecule has 0 saturated heterocycles. The lowest BCUT2D eigenvalue weighted by molar-refractivity contribution is -0.118. The predicted octanol–water partition coefficient (Wildman–Crippen LogP) is 4.47. The maximum absolute atomic E-state index is 10.8. The summed E-state index contributed by atoms with van der Waals surface area (Å²) in [6.07, 6.45) is 14.3. The number of primary amides is 1. The SMILES string of the molecule is Cc1cccc(CC/C=C/[C@@H]2[C@H]3CC(CCCCC(N)=O)=C[C@H]3C[C@H]2O)c1. The second-order valence-corrected chi connectivity index (χ2v) is 8.37. The maximum atomic E-state index is 10.8. The lowest BCUT2D eigenvalue weighted by Crippen LogP contribution is -2.17. The minimum absolute atomic E-state index is 0.203.